The zero-order valence-corrected chi connectivity index (χ0v) is 22.6. The number of carbonyl (C=O) groups excluding carboxylic acids is 1. The van der Waals surface area contributed by atoms with Crippen LogP contribution >= 0.6 is 0 Å². The van der Waals surface area contributed by atoms with Gasteiger partial charge in [0, 0.05) is 32.4 Å². The number of aromatic nitrogens is 2. The molecule has 7 nitrogen and oxygen atoms in total. The van der Waals surface area contributed by atoms with Crippen LogP contribution in [0.4, 0.5) is 5.82 Å². The first-order chi connectivity index (χ1) is 17.4. The number of pyridine rings is 1. The maximum Gasteiger partial charge on any atom is 0.255 e. The number of imidazole rings is 1. The van der Waals surface area contributed by atoms with Crippen molar-refractivity contribution >= 4 is 17.4 Å². The summed E-state index contributed by atoms with van der Waals surface area (Å²) in [6.07, 6.45) is 6.47. The SMILES string of the molecule is CC(C)CCN(CCC(C)C)C(=O)c1ccc2nc(N3CCOCC3)c(C#CCN3CCCC3)n2c1. The van der Waals surface area contributed by atoms with Gasteiger partial charge in [0.2, 0.25) is 0 Å². The first-order valence-corrected chi connectivity index (χ1v) is 13.8. The van der Waals surface area contributed by atoms with E-state index in [0.29, 0.717) is 30.6 Å². The van der Waals surface area contributed by atoms with Crippen LogP contribution in [0.3, 0.4) is 0 Å². The van der Waals surface area contributed by atoms with Crippen LogP contribution in [0.5, 0.6) is 0 Å². The van der Waals surface area contributed by atoms with Crippen molar-refractivity contribution in [2.45, 2.75) is 53.4 Å². The van der Waals surface area contributed by atoms with Gasteiger partial charge in [-0.05, 0) is 68.7 Å². The van der Waals surface area contributed by atoms with Crippen LogP contribution < -0.4 is 4.90 Å². The van der Waals surface area contributed by atoms with Crippen LogP contribution in [-0.4, -0.2) is 84.1 Å². The second-order valence-electron chi connectivity index (χ2n) is 11.0. The summed E-state index contributed by atoms with van der Waals surface area (Å²) < 4.78 is 7.60. The third kappa shape index (κ3) is 6.80. The normalized spacial score (nSPS) is 16.7. The molecule has 0 aromatic carbocycles. The van der Waals surface area contributed by atoms with E-state index in [9.17, 15) is 4.79 Å². The topological polar surface area (TPSA) is 53.3 Å². The summed E-state index contributed by atoms with van der Waals surface area (Å²) in [5.74, 6) is 8.95. The Kier molecular flexibility index (Phi) is 9.28. The molecule has 4 rings (SSSR count). The van der Waals surface area contributed by atoms with Crippen molar-refractivity contribution in [3.63, 3.8) is 0 Å². The predicted octanol–water partition coefficient (Wildman–Crippen LogP) is 4.15. The van der Waals surface area contributed by atoms with E-state index in [1.54, 1.807) is 0 Å². The second kappa shape index (κ2) is 12.6. The number of fused-ring (bicyclic) bond motifs is 1. The van der Waals surface area contributed by atoms with E-state index in [0.717, 1.165) is 75.8 Å². The molecule has 36 heavy (non-hydrogen) atoms. The Bertz CT molecular complexity index is 1060. The van der Waals surface area contributed by atoms with Crippen molar-refractivity contribution in [1.82, 2.24) is 19.2 Å². The molecule has 2 saturated heterocycles. The summed E-state index contributed by atoms with van der Waals surface area (Å²) >= 11 is 0. The van der Waals surface area contributed by atoms with Crippen molar-refractivity contribution in [3.05, 3.63) is 29.6 Å². The average molecular weight is 494 g/mol. The standard InChI is InChI=1S/C29H43N5O2/c1-23(2)11-16-33(17-12-24(3)4)29(35)25-9-10-27-30-28(32-18-20-36-21-19-32)26(34(27)22-25)8-7-15-31-13-5-6-14-31/h9-10,22-24H,5-6,11-21H2,1-4H3. The summed E-state index contributed by atoms with van der Waals surface area (Å²) in [5.41, 5.74) is 2.40. The third-order valence-corrected chi connectivity index (χ3v) is 7.11. The van der Waals surface area contributed by atoms with Gasteiger partial charge in [-0.2, -0.15) is 0 Å². The van der Waals surface area contributed by atoms with Crippen molar-refractivity contribution < 1.29 is 9.53 Å². The number of rotatable bonds is 9. The Hall–Kier alpha value is -2.56. The number of morpholine rings is 1. The molecule has 2 aromatic rings. The van der Waals surface area contributed by atoms with E-state index in [-0.39, 0.29) is 5.91 Å². The summed E-state index contributed by atoms with van der Waals surface area (Å²) in [4.78, 5) is 25.3. The number of anilines is 1. The lowest BCUT2D eigenvalue weighted by atomic mass is 10.1. The Morgan fingerprint density at radius 1 is 1.03 bits per heavy atom. The number of hydrogen-bond acceptors (Lipinski definition) is 5. The molecule has 0 saturated carbocycles. The number of hydrogen-bond donors (Lipinski definition) is 0. The van der Waals surface area contributed by atoms with Crippen molar-refractivity contribution in [2.75, 3.05) is 63.9 Å². The van der Waals surface area contributed by atoms with Gasteiger partial charge in [-0.1, -0.05) is 33.6 Å². The van der Waals surface area contributed by atoms with Crippen LogP contribution in [-0.2, 0) is 4.74 Å². The summed E-state index contributed by atoms with van der Waals surface area (Å²) in [6, 6.07) is 3.89. The summed E-state index contributed by atoms with van der Waals surface area (Å²) in [6.45, 7) is 16.4. The van der Waals surface area contributed by atoms with Gasteiger partial charge in [0.05, 0.1) is 25.3 Å². The van der Waals surface area contributed by atoms with E-state index >= 15 is 0 Å². The molecule has 0 atom stereocenters. The van der Waals surface area contributed by atoms with Gasteiger partial charge in [0.15, 0.2) is 5.82 Å². The largest absolute Gasteiger partial charge is 0.378 e. The minimum atomic E-state index is 0.0933. The highest BCUT2D eigenvalue weighted by atomic mass is 16.5. The van der Waals surface area contributed by atoms with Gasteiger partial charge in [0.1, 0.15) is 11.3 Å². The molecule has 2 aliphatic heterocycles. The fraction of sp³-hybridized carbons (Fsp3) is 0.655. The van der Waals surface area contributed by atoms with E-state index < -0.39 is 0 Å². The smallest absolute Gasteiger partial charge is 0.255 e. The molecule has 1 amide bonds. The van der Waals surface area contributed by atoms with Gasteiger partial charge in [-0.15, -0.1) is 0 Å². The zero-order valence-electron chi connectivity index (χ0n) is 22.6. The zero-order chi connectivity index (χ0) is 25.5. The van der Waals surface area contributed by atoms with Crippen LogP contribution in [0.15, 0.2) is 18.3 Å². The van der Waals surface area contributed by atoms with E-state index in [1.807, 2.05) is 27.6 Å². The average Bonchev–Trinajstić information content (AvgIpc) is 3.52. The molecule has 0 radical (unpaired) electrons. The van der Waals surface area contributed by atoms with E-state index in [2.05, 4.69) is 49.3 Å². The highest BCUT2D eigenvalue weighted by Crippen LogP contribution is 2.23. The first-order valence-electron chi connectivity index (χ1n) is 13.8. The van der Waals surface area contributed by atoms with Gasteiger partial charge in [-0.25, -0.2) is 4.98 Å². The highest BCUT2D eigenvalue weighted by Gasteiger charge is 2.22. The van der Waals surface area contributed by atoms with Gasteiger partial charge in [0.25, 0.3) is 5.91 Å². The number of nitrogens with zero attached hydrogens (tertiary/aromatic N) is 5. The lowest BCUT2D eigenvalue weighted by Gasteiger charge is -2.27. The Morgan fingerprint density at radius 2 is 1.69 bits per heavy atom. The van der Waals surface area contributed by atoms with Crippen LogP contribution in [0, 0.1) is 23.7 Å². The van der Waals surface area contributed by atoms with E-state index in [1.165, 1.54) is 12.8 Å². The van der Waals surface area contributed by atoms with Crippen molar-refractivity contribution in [1.29, 1.82) is 0 Å². The fourth-order valence-electron chi connectivity index (χ4n) is 4.77. The van der Waals surface area contributed by atoms with E-state index in [4.69, 9.17) is 9.72 Å². The van der Waals surface area contributed by atoms with Crippen molar-refractivity contribution in [3.8, 4) is 11.8 Å². The van der Waals surface area contributed by atoms with Gasteiger partial charge < -0.3 is 14.5 Å². The molecule has 0 spiro atoms. The third-order valence-electron chi connectivity index (χ3n) is 7.11. The molecule has 4 heterocycles. The fourth-order valence-corrected chi connectivity index (χ4v) is 4.77. The Morgan fingerprint density at radius 3 is 2.33 bits per heavy atom. The van der Waals surface area contributed by atoms with Crippen LogP contribution in [0.25, 0.3) is 5.65 Å². The molecule has 0 bridgehead atoms. The second-order valence-corrected chi connectivity index (χ2v) is 11.0. The molecule has 2 aromatic heterocycles. The predicted molar refractivity (Wildman–Crippen MR) is 146 cm³/mol. The summed E-state index contributed by atoms with van der Waals surface area (Å²) in [5, 5.41) is 0. The monoisotopic (exact) mass is 493 g/mol. The molecule has 7 heteroatoms. The molecular weight excluding hydrogens is 450 g/mol. The molecule has 196 valence electrons. The van der Waals surface area contributed by atoms with Gasteiger partial charge in [-0.3, -0.25) is 14.1 Å². The highest BCUT2D eigenvalue weighted by molar-refractivity contribution is 5.94. The number of carbonyl (C=O) groups is 1. The molecule has 0 aliphatic carbocycles. The molecule has 0 unspecified atom stereocenters. The summed E-state index contributed by atoms with van der Waals surface area (Å²) in [7, 11) is 0. The molecular formula is C29H43N5O2. The van der Waals surface area contributed by atoms with Crippen LogP contribution in [0.2, 0.25) is 0 Å². The molecule has 2 fully saturated rings. The Labute approximate surface area is 216 Å². The van der Waals surface area contributed by atoms with Crippen LogP contribution in [0.1, 0.15) is 69.4 Å². The minimum Gasteiger partial charge on any atom is -0.378 e. The maximum atomic E-state index is 13.6. The number of amides is 1. The molecule has 0 N–H and O–H groups in total. The maximum absolute atomic E-state index is 13.6. The van der Waals surface area contributed by atoms with Crippen molar-refractivity contribution in [2.24, 2.45) is 11.8 Å². The quantitative estimate of drug-likeness (QED) is 0.491. The first kappa shape index (κ1) is 26.5. The lowest BCUT2D eigenvalue weighted by molar-refractivity contribution is 0.0740. The lowest BCUT2D eigenvalue weighted by Crippen LogP contribution is -2.36. The minimum absolute atomic E-state index is 0.0933. The van der Waals surface area contributed by atoms with Gasteiger partial charge >= 0.3 is 0 Å². The number of likely N-dealkylation sites (tertiary alicyclic amines) is 1. The molecule has 2 aliphatic rings. The Balaban J connectivity index is 1.65. The number of ether oxygens (including phenoxy) is 1.